The number of carbonyl (C=O) groups is 2. The van der Waals surface area contributed by atoms with Crippen molar-refractivity contribution in [2.24, 2.45) is 29.1 Å². The molecule has 8 unspecified atom stereocenters. The van der Waals surface area contributed by atoms with Gasteiger partial charge in [-0.3, -0.25) is 9.35 Å². The molecule has 4 saturated carbocycles. The van der Waals surface area contributed by atoms with Gasteiger partial charge in [0.15, 0.2) is 0 Å². The van der Waals surface area contributed by atoms with Crippen molar-refractivity contribution in [1.82, 2.24) is 0 Å². The summed E-state index contributed by atoms with van der Waals surface area (Å²) < 4.78 is 70.2. The minimum absolute atomic E-state index is 0.0411. The SMILES string of the molecule is CC1CC2CCCC(C(=O)OCC3CSC(C4CC5CCCC(OC(=O)C(F)(F)S(=O)(=O)O)(C5)C4)S3)(C1)C2. The van der Waals surface area contributed by atoms with E-state index < -0.39 is 26.9 Å². The highest BCUT2D eigenvalue weighted by Crippen LogP contribution is 2.55. The van der Waals surface area contributed by atoms with E-state index in [4.69, 9.17) is 14.0 Å². The van der Waals surface area contributed by atoms with Crippen LogP contribution in [0.2, 0.25) is 0 Å². The predicted molar refractivity (Wildman–Crippen MR) is 141 cm³/mol. The highest BCUT2D eigenvalue weighted by molar-refractivity contribution is 8.20. The van der Waals surface area contributed by atoms with Crippen molar-refractivity contribution in [1.29, 1.82) is 0 Å². The van der Waals surface area contributed by atoms with Crippen molar-refractivity contribution >= 4 is 45.6 Å². The van der Waals surface area contributed by atoms with Gasteiger partial charge in [0.05, 0.1) is 10.00 Å². The molecule has 5 aliphatic rings. The second-order valence-corrected chi connectivity index (χ2v) is 17.0. The van der Waals surface area contributed by atoms with Crippen LogP contribution >= 0.6 is 23.5 Å². The molecule has 0 aromatic rings. The van der Waals surface area contributed by atoms with Crippen molar-refractivity contribution in [2.75, 3.05) is 12.4 Å². The maximum absolute atomic E-state index is 14.0. The van der Waals surface area contributed by atoms with E-state index in [1.807, 2.05) is 0 Å². The second-order valence-electron chi connectivity index (χ2n) is 12.6. The first-order chi connectivity index (χ1) is 17.8. The number of carbonyl (C=O) groups excluding carboxylic acids is 2. The van der Waals surface area contributed by atoms with E-state index >= 15 is 0 Å². The molecule has 4 aliphatic carbocycles. The number of hydrogen-bond acceptors (Lipinski definition) is 8. The standard InChI is InChI=1S/C26H38F2O7S3/c1-16-8-17-4-2-6-24(10-16,11-17)22(29)34-14-20-15-36-21(37-20)19-9-18-5-3-7-25(12-18,13-19)35-23(30)26(27,28)38(31,32)33/h16-21H,2-15H2,1H3,(H,31,32,33). The van der Waals surface area contributed by atoms with Crippen LogP contribution in [0.15, 0.2) is 0 Å². The fraction of sp³-hybridized carbons (Fsp3) is 0.923. The van der Waals surface area contributed by atoms with Gasteiger partial charge in [0, 0.05) is 11.0 Å². The Bertz CT molecular complexity index is 1040. The molecule has 0 aromatic carbocycles. The molecule has 1 aliphatic heterocycles. The number of ether oxygens (including phenoxy) is 2. The Hall–Kier alpha value is -0.590. The lowest BCUT2D eigenvalue weighted by atomic mass is 9.59. The van der Waals surface area contributed by atoms with Crippen LogP contribution in [0.5, 0.6) is 0 Å². The number of esters is 2. The summed E-state index contributed by atoms with van der Waals surface area (Å²) in [6.07, 6.45) is 10.0. The summed E-state index contributed by atoms with van der Waals surface area (Å²) in [6, 6.07) is 0. The molecule has 12 heteroatoms. The molecular formula is C26H38F2O7S3. The molecule has 8 atom stereocenters. The molecule has 216 valence electrons. The molecule has 1 heterocycles. The maximum atomic E-state index is 14.0. The van der Waals surface area contributed by atoms with Crippen LogP contribution in [0.4, 0.5) is 8.78 Å². The number of halogens is 2. The first kappa shape index (κ1) is 28.9. The molecule has 0 amide bonds. The first-order valence-electron chi connectivity index (χ1n) is 13.8. The third kappa shape index (κ3) is 5.75. The lowest BCUT2D eigenvalue weighted by molar-refractivity contribution is -0.189. The lowest BCUT2D eigenvalue weighted by Gasteiger charge is -2.48. The Morgan fingerprint density at radius 2 is 1.76 bits per heavy atom. The summed E-state index contributed by atoms with van der Waals surface area (Å²) in [4.78, 5) is 25.4. The van der Waals surface area contributed by atoms with E-state index in [0.29, 0.717) is 44.1 Å². The van der Waals surface area contributed by atoms with Gasteiger partial charge in [0.1, 0.15) is 12.2 Å². The zero-order valence-corrected chi connectivity index (χ0v) is 24.2. The molecule has 5 rings (SSSR count). The Kier molecular flexibility index (Phi) is 8.12. The van der Waals surface area contributed by atoms with Crippen molar-refractivity contribution in [2.45, 2.75) is 105 Å². The zero-order valence-electron chi connectivity index (χ0n) is 21.7. The van der Waals surface area contributed by atoms with Crippen molar-refractivity contribution < 1.29 is 40.8 Å². The number of rotatable bonds is 7. The molecule has 4 bridgehead atoms. The van der Waals surface area contributed by atoms with Crippen LogP contribution in [0.3, 0.4) is 0 Å². The molecular weight excluding hydrogens is 558 g/mol. The van der Waals surface area contributed by atoms with E-state index in [2.05, 4.69) is 6.92 Å². The van der Waals surface area contributed by atoms with Gasteiger partial charge in [-0.2, -0.15) is 17.2 Å². The molecule has 1 N–H and O–H groups in total. The smallest absolute Gasteiger partial charge is 0.464 e. The molecule has 0 spiro atoms. The van der Waals surface area contributed by atoms with Gasteiger partial charge in [0.25, 0.3) is 0 Å². The van der Waals surface area contributed by atoms with Crippen LogP contribution in [0, 0.1) is 29.1 Å². The average molecular weight is 597 g/mol. The van der Waals surface area contributed by atoms with E-state index in [9.17, 15) is 26.8 Å². The quantitative estimate of drug-likeness (QED) is 0.294. The van der Waals surface area contributed by atoms with E-state index in [-0.39, 0.29) is 33.1 Å². The summed E-state index contributed by atoms with van der Waals surface area (Å²) >= 11 is 3.53. The Morgan fingerprint density at radius 3 is 2.50 bits per heavy atom. The van der Waals surface area contributed by atoms with Crippen LogP contribution < -0.4 is 0 Å². The van der Waals surface area contributed by atoms with Crippen molar-refractivity contribution in [3.05, 3.63) is 0 Å². The summed E-state index contributed by atoms with van der Waals surface area (Å²) in [7, 11) is -5.91. The summed E-state index contributed by atoms with van der Waals surface area (Å²) in [6.45, 7) is 2.60. The first-order valence-corrected chi connectivity index (χ1v) is 17.3. The summed E-state index contributed by atoms with van der Waals surface area (Å²) in [5, 5.41) is -4.84. The summed E-state index contributed by atoms with van der Waals surface area (Å²) in [5.74, 6) is 0.0779. The molecule has 1 saturated heterocycles. The normalized spacial score (nSPS) is 41.4. The van der Waals surface area contributed by atoms with E-state index in [0.717, 1.165) is 44.3 Å². The van der Waals surface area contributed by atoms with Gasteiger partial charge in [-0.25, -0.2) is 4.79 Å². The predicted octanol–water partition coefficient (Wildman–Crippen LogP) is 5.67. The highest BCUT2D eigenvalue weighted by Gasteiger charge is 2.58. The Morgan fingerprint density at radius 1 is 1.05 bits per heavy atom. The van der Waals surface area contributed by atoms with E-state index in [1.54, 1.807) is 23.5 Å². The van der Waals surface area contributed by atoms with Crippen LogP contribution in [-0.2, 0) is 29.2 Å². The number of hydrogen-bond donors (Lipinski definition) is 1. The van der Waals surface area contributed by atoms with Gasteiger partial charge >= 0.3 is 27.3 Å². The zero-order chi connectivity index (χ0) is 27.3. The number of fused-ring (bicyclic) bond motifs is 4. The Balaban J connectivity index is 1.18. The molecule has 5 fully saturated rings. The Labute approximate surface area is 232 Å². The molecule has 0 aromatic heterocycles. The van der Waals surface area contributed by atoms with E-state index in [1.165, 1.54) is 12.8 Å². The number of alkyl halides is 2. The maximum Gasteiger partial charge on any atom is 0.465 e. The minimum Gasteiger partial charge on any atom is -0.464 e. The third-order valence-electron chi connectivity index (χ3n) is 9.46. The largest absolute Gasteiger partial charge is 0.465 e. The summed E-state index contributed by atoms with van der Waals surface area (Å²) in [5.41, 5.74) is -1.46. The second kappa shape index (κ2) is 10.7. The van der Waals surface area contributed by atoms with Gasteiger partial charge < -0.3 is 9.47 Å². The minimum atomic E-state index is -5.91. The van der Waals surface area contributed by atoms with Crippen molar-refractivity contribution in [3.8, 4) is 0 Å². The van der Waals surface area contributed by atoms with Crippen LogP contribution in [0.25, 0.3) is 0 Å². The topological polar surface area (TPSA) is 107 Å². The monoisotopic (exact) mass is 596 g/mol. The molecule has 7 nitrogen and oxygen atoms in total. The van der Waals surface area contributed by atoms with Gasteiger partial charge in [0.2, 0.25) is 0 Å². The molecule has 38 heavy (non-hydrogen) atoms. The third-order valence-corrected chi connectivity index (χ3v) is 13.9. The fourth-order valence-corrected chi connectivity index (χ4v) is 11.9. The van der Waals surface area contributed by atoms with Gasteiger partial charge in [-0.15, -0.1) is 23.5 Å². The average Bonchev–Trinajstić information content (AvgIpc) is 3.30. The molecule has 0 radical (unpaired) electrons. The van der Waals surface area contributed by atoms with Gasteiger partial charge in [-0.05, 0) is 81.5 Å². The highest BCUT2D eigenvalue weighted by atomic mass is 32.2. The number of thioether (sulfide) groups is 2. The van der Waals surface area contributed by atoms with Crippen LogP contribution in [-0.4, -0.2) is 58.0 Å². The van der Waals surface area contributed by atoms with Gasteiger partial charge in [-0.1, -0.05) is 26.2 Å². The lowest BCUT2D eigenvalue weighted by Crippen LogP contribution is -2.51. The van der Waals surface area contributed by atoms with Crippen LogP contribution in [0.1, 0.15) is 84.0 Å². The fourth-order valence-electron chi connectivity index (χ4n) is 8.11. The van der Waals surface area contributed by atoms with Crippen molar-refractivity contribution in [3.63, 3.8) is 0 Å².